The summed E-state index contributed by atoms with van der Waals surface area (Å²) in [6.45, 7) is 5.47. The summed E-state index contributed by atoms with van der Waals surface area (Å²) >= 11 is 0. The Morgan fingerprint density at radius 3 is 1.90 bits per heavy atom. The number of nitrogens with zero attached hydrogens (tertiary/aromatic N) is 1. The zero-order valence-electron chi connectivity index (χ0n) is 17.7. The highest BCUT2D eigenvalue weighted by Gasteiger charge is 2.09. The van der Waals surface area contributed by atoms with Crippen LogP contribution in [-0.2, 0) is 9.53 Å². The number of ketones is 1. The van der Waals surface area contributed by atoms with Gasteiger partial charge < -0.3 is 4.74 Å². The van der Waals surface area contributed by atoms with Crippen molar-refractivity contribution in [3.8, 4) is 0 Å². The normalized spacial score (nSPS) is 11.4. The average molecular weight is 415 g/mol. The summed E-state index contributed by atoms with van der Waals surface area (Å²) in [7, 11) is 1.41. The molecule has 0 heterocycles. The molecule has 160 valence electrons. The number of esters is 1. The number of benzene rings is 2. The number of rotatable bonds is 7. The molecule has 0 unspecified atom stereocenters. The van der Waals surface area contributed by atoms with E-state index < -0.39 is 5.82 Å². The van der Waals surface area contributed by atoms with Crippen LogP contribution in [0.5, 0.6) is 0 Å². The number of carbonyl (C=O) groups is 2. The van der Waals surface area contributed by atoms with Gasteiger partial charge in [0.2, 0.25) is 5.78 Å². The SMILES string of the molecule is CC(=N/C=C(\C)c1ccc(F)cc1)C(=O)c1ccc(F)cc1.CCCCC(=O)OC. The first-order valence-corrected chi connectivity index (χ1v) is 9.62. The van der Waals surface area contributed by atoms with Crippen LogP contribution < -0.4 is 0 Å². The second-order valence-corrected chi connectivity index (χ2v) is 6.55. The third-order valence-corrected chi connectivity index (χ3v) is 4.15. The van der Waals surface area contributed by atoms with Gasteiger partial charge in [-0.05, 0) is 67.8 Å². The maximum Gasteiger partial charge on any atom is 0.305 e. The molecule has 6 heteroatoms. The van der Waals surface area contributed by atoms with Crippen molar-refractivity contribution in [3.05, 3.63) is 77.5 Å². The molecule has 0 spiro atoms. The van der Waals surface area contributed by atoms with Crippen molar-refractivity contribution in [3.63, 3.8) is 0 Å². The molecule has 0 aliphatic carbocycles. The van der Waals surface area contributed by atoms with Crippen molar-refractivity contribution in [2.45, 2.75) is 40.0 Å². The number of hydrogen-bond donors (Lipinski definition) is 0. The molecule has 0 amide bonds. The van der Waals surface area contributed by atoms with E-state index in [1.165, 1.54) is 43.5 Å². The zero-order chi connectivity index (χ0) is 22.5. The van der Waals surface area contributed by atoms with Gasteiger partial charge in [-0.3, -0.25) is 14.6 Å². The molecule has 0 atom stereocenters. The predicted octanol–water partition coefficient (Wildman–Crippen LogP) is 6.02. The van der Waals surface area contributed by atoms with E-state index in [-0.39, 0.29) is 17.6 Å². The fourth-order valence-corrected chi connectivity index (χ4v) is 2.27. The fraction of sp³-hybridized carbons (Fsp3) is 0.292. The largest absolute Gasteiger partial charge is 0.469 e. The highest BCUT2D eigenvalue weighted by Crippen LogP contribution is 2.14. The Bertz CT molecular complexity index is 886. The van der Waals surface area contributed by atoms with Crippen molar-refractivity contribution < 1.29 is 23.1 Å². The molecule has 4 nitrogen and oxygen atoms in total. The van der Waals surface area contributed by atoms with Gasteiger partial charge in [0.1, 0.15) is 11.6 Å². The Kier molecular flexibility index (Phi) is 10.9. The Hall–Kier alpha value is -3.15. The lowest BCUT2D eigenvalue weighted by Gasteiger charge is -2.01. The van der Waals surface area contributed by atoms with Gasteiger partial charge >= 0.3 is 5.97 Å². The van der Waals surface area contributed by atoms with E-state index in [4.69, 9.17) is 0 Å². The quantitative estimate of drug-likeness (QED) is 0.316. The molecule has 0 saturated heterocycles. The lowest BCUT2D eigenvalue weighted by molar-refractivity contribution is -0.140. The van der Waals surface area contributed by atoms with Crippen LogP contribution in [0.3, 0.4) is 0 Å². The van der Waals surface area contributed by atoms with Gasteiger partial charge in [-0.2, -0.15) is 0 Å². The standard InChI is InChI=1S/C18H15F2NO.C6H12O2/c1-12(14-3-7-16(19)8-4-14)11-21-13(2)18(22)15-5-9-17(20)10-6-15;1-3-4-5-6(7)8-2/h3-11H,1-2H3;3-5H2,1-2H3/b12-11+,21-13?;. The van der Waals surface area contributed by atoms with Gasteiger partial charge in [-0.15, -0.1) is 0 Å². The number of carbonyl (C=O) groups excluding carboxylic acids is 2. The van der Waals surface area contributed by atoms with Crippen molar-refractivity contribution in [2.24, 2.45) is 4.99 Å². The summed E-state index contributed by atoms with van der Waals surface area (Å²) in [5.41, 5.74) is 2.32. The molecular weight excluding hydrogens is 388 g/mol. The number of aliphatic imine (C=N–C) groups is 1. The maximum absolute atomic E-state index is 12.9. The van der Waals surface area contributed by atoms with Crippen LogP contribution in [0.4, 0.5) is 8.78 Å². The minimum absolute atomic E-state index is 0.105. The first-order chi connectivity index (χ1) is 14.3. The lowest BCUT2D eigenvalue weighted by Crippen LogP contribution is -2.10. The molecule has 2 aromatic carbocycles. The minimum atomic E-state index is -0.391. The monoisotopic (exact) mass is 415 g/mol. The molecule has 2 aromatic rings. The number of Topliss-reactive ketones (excluding diaryl/α,β-unsaturated/α-hetero) is 1. The molecule has 0 saturated carbocycles. The third kappa shape index (κ3) is 8.90. The number of methoxy groups -OCH3 is 1. The highest BCUT2D eigenvalue weighted by molar-refractivity contribution is 6.45. The Balaban J connectivity index is 0.000000479. The van der Waals surface area contributed by atoms with Crippen molar-refractivity contribution >= 4 is 23.0 Å². The number of hydrogen-bond acceptors (Lipinski definition) is 4. The van der Waals surface area contributed by atoms with E-state index in [9.17, 15) is 18.4 Å². The number of allylic oxidation sites excluding steroid dienone is 1. The smallest absolute Gasteiger partial charge is 0.305 e. The van der Waals surface area contributed by atoms with Crippen LogP contribution >= 0.6 is 0 Å². The van der Waals surface area contributed by atoms with Crippen molar-refractivity contribution in [1.82, 2.24) is 0 Å². The van der Waals surface area contributed by atoms with Crippen LogP contribution in [0.1, 0.15) is 56.0 Å². The van der Waals surface area contributed by atoms with Crippen LogP contribution in [0, 0.1) is 11.6 Å². The second-order valence-electron chi connectivity index (χ2n) is 6.55. The summed E-state index contributed by atoms with van der Waals surface area (Å²) < 4.78 is 30.1. The van der Waals surface area contributed by atoms with E-state index in [0.717, 1.165) is 24.0 Å². The van der Waals surface area contributed by atoms with Crippen LogP contribution in [0.2, 0.25) is 0 Å². The van der Waals surface area contributed by atoms with Gasteiger partial charge in [0.25, 0.3) is 0 Å². The Morgan fingerprint density at radius 2 is 1.43 bits per heavy atom. The van der Waals surface area contributed by atoms with Gasteiger partial charge in [0, 0.05) is 18.2 Å². The zero-order valence-corrected chi connectivity index (χ0v) is 17.7. The summed E-state index contributed by atoms with van der Waals surface area (Å²) in [6.07, 6.45) is 4.11. The van der Waals surface area contributed by atoms with E-state index in [0.29, 0.717) is 17.7 Å². The first-order valence-electron chi connectivity index (χ1n) is 9.62. The molecule has 30 heavy (non-hydrogen) atoms. The summed E-state index contributed by atoms with van der Waals surface area (Å²) in [5, 5.41) is 0. The van der Waals surface area contributed by atoms with E-state index >= 15 is 0 Å². The minimum Gasteiger partial charge on any atom is -0.469 e. The molecule has 0 aliphatic rings. The maximum atomic E-state index is 12.9. The Labute approximate surface area is 176 Å². The topological polar surface area (TPSA) is 55.7 Å². The fourth-order valence-electron chi connectivity index (χ4n) is 2.27. The van der Waals surface area contributed by atoms with Crippen LogP contribution in [-0.4, -0.2) is 24.6 Å². The molecular formula is C24H27F2NO3. The summed E-state index contributed by atoms with van der Waals surface area (Å²) in [5.74, 6) is -1.06. The highest BCUT2D eigenvalue weighted by atomic mass is 19.1. The van der Waals surface area contributed by atoms with Crippen LogP contribution in [0.25, 0.3) is 5.57 Å². The molecule has 0 N–H and O–H groups in total. The molecule has 0 aliphatic heterocycles. The lowest BCUT2D eigenvalue weighted by atomic mass is 10.1. The van der Waals surface area contributed by atoms with Gasteiger partial charge in [-0.1, -0.05) is 25.5 Å². The van der Waals surface area contributed by atoms with E-state index in [1.807, 2.05) is 13.8 Å². The van der Waals surface area contributed by atoms with Crippen molar-refractivity contribution in [2.75, 3.05) is 7.11 Å². The molecule has 2 rings (SSSR count). The van der Waals surface area contributed by atoms with Gasteiger partial charge in [0.15, 0.2) is 0 Å². The molecule has 0 aromatic heterocycles. The third-order valence-electron chi connectivity index (χ3n) is 4.15. The summed E-state index contributed by atoms with van der Waals surface area (Å²) in [6, 6.07) is 11.3. The van der Waals surface area contributed by atoms with E-state index in [2.05, 4.69) is 9.73 Å². The predicted molar refractivity (Wildman–Crippen MR) is 115 cm³/mol. The van der Waals surface area contributed by atoms with Gasteiger partial charge in [-0.25, -0.2) is 8.78 Å². The van der Waals surface area contributed by atoms with Crippen molar-refractivity contribution in [1.29, 1.82) is 0 Å². The van der Waals surface area contributed by atoms with Gasteiger partial charge in [0.05, 0.1) is 12.8 Å². The number of ether oxygens (including phenoxy) is 1. The average Bonchev–Trinajstić information content (AvgIpc) is 2.76. The molecule has 0 radical (unpaired) electrons. The number of halogens is 2. The van der Waals surface area contributed by atoms with E-state index in [1.54, 1.807) is 25.3 Å². The summed E-state index contributed by atoms with van der Waals surface area (Å²) in [4.78, 5) is 26.6. The second kappa shape index (κ2) is 13.1. The molecule has 0 bridgehead atoms. The number of unbranched alkanes of at least 4 members (excludes halogenated alkanes) is 1. The first kappa shape index (κ1) is 24.9. The van der Waals surface area contributed by atoms with Crippen LogP contribution in [0.15, 0.2) is 59.7 Å². The Morgan fingerprint density at radius 1 is 0.933 bits per heavy atom. The molecule has 0 fully saturated rings.